The van der Waals surface area contributed by atoms with Crippen molar-refractivity contribution < 1.29 is 9.47 Å². The molecule has 0 heterocycles. The number of methoxy groups -OCH3 is 1. The van der Waals surface area contributed by atoms with E-state index >= 15 is 0 Å². The molecule has 0 saturated carbocycles. The van der Waals surface area contributed by atoms with Gasteiger partial charge < -0.3 is 15.2 Å². The Bertz CT molecular complexity index is 526. The van der Waals surface area contributed by atoms with Crippen LogP contribution in [0.15, 0.2) is 46.9 Å². The molecule has 2 N–H and O–H groups in total. The van der Waals surface area contributed by atoms with Gasteiger partial charge in [0.2, 0.25) is 0 Å². The molecule has 0 bridgehead atoms. The van der Waals surface area contributed by atoms with Crippen molar-refractivity contribution in [2.24, 2.45) is 5.73 Å². The maximum Gasteiger partial charge on any atom is 0.141 e. The largest absolute Gasteiger partial charge is 0.497 e. The molecule has 0 aliphatic rings. The predicted octanol–water partition coefficient (Wildman–Crippen LogP) is 3.71. The summed E-state index contributed by atoms with van der Waals surface area (Å²) in [6.45, 7) is 0.515. The summed E-state index contributed by atoms with van der Waals surface area (Å²) in [5.41, 5.74) is 6.64. The maximum absolute atomic E-state index is 5.76. The van der Waals surface area contributed by atoms with Crippen molar-refractivity contribution in [2.75, 3.05) is 7.11 Å². The molecule has 0 amide bonds. The highest BCUT2D eigenvalue weighted by atomic mass is 79.9. The standard InChI is InChI=1S/C14H14BrNO2/c1-17-11-3-5-12(6-4-11)18-14-7-2-10(9-16)8-13(14)15/h2-8H,9,16H2,1H3. The van der Waals surface area contributed by atoms with Gasteiger partial charge in [-0.15, -0.1) is 0 Å². The van der Waals surface area contributed by atoms with Crippen LogP contribution in [0.4, 0.5) is 0 Å². The van der Waals surface area contributed by atoms with E-state index < -0.39 is 0 Å². The van der Waals surface area contributed by atoms with Crippen molar-refractivity contribution in [1.82, 2.24) is 0 Å². The van der Waals surface area contributed by atoms with Gasteiger partial charge in [-0.1, -0.05) is 6.07 Å². The van der Waals surface area contributed by atoms with Gasteiger partial charge >= 0.3 is 0 Å². The Balaban J connectivity index is 2.17. The highest BCUT2D eigenvalue weighted by Gasteiger charge is 2.04. The molecule has 94 valence electrons. The van der Waals surface area contributed by atoms with Gasteiger partial charge in [0.25, 0.3) is 0 Å². The quantitative estimate of drug-likeness (QED) is 0.936. The van der Waals surface area contributed by atoms with Crippen molar-refractivity contribution in [1.29, 1.82) is 0 Å². The average molecular weight is 308 g/mol. The fourth-order valence-electron chi connectivity index (χ4n) is 1.52. The van der Waals surface area contributed by atoms with Crippen LogP contribution in [-0.2, 0) is 6.54 Å². The second-order valence-electron chi connectivity index (χ2n) is 3.75. The first kappa shape index (κ1) is 12.9. The van der Waals surface area contributed by atoms with Gasteiger partial charge in [0.05, 0.1) is 11.6 Å². The van der Waals surface area contributed by atoms with Crippen LogP contribution in [0.3, 0.4) is 0 Å². The summed E-state index contributed by atoms with van der Waals surface area (Å²) in [6.07, 6.45) is 0. The Morgan fingerprint density at radius 3 is 2.28 bits per heavy atom. The number of rotatable bonds is 4. The average Bonchev–Trinajstić information content (AvgIpc) is 2.42. The van der Waals surface area contributed by atoms with E-state index in [1.807, 2.05) is 42.5 Å². The SMILES string of the molecule is COc1ccc(Oc2ccc(CN)cc2Br)cc1. The monoisotopic (exact) mass is 307 g/mol. The topological polar surface area (TPSA) is 44.5 Å². The molecule has 0 aliphatic carbocycles. The zero-order valence-electron chi connectivity index (χ0n) is 10.0. The molecule has 18 heavy (non-hydrogen) atoms. The minimum absolute atomic E-state index is 0.515. The molecule has 0 fully saturated rings. The van der Waals surface area contributed by atoms with Crippen LogP contribution in [0.5, 0.6) is 17.2 Å². The van der Waals surface area contributed by atoms with E-state index in [0.29, 0.717) is 6.54 Å². The Morgan fingerprint density at radius 2 is 1.72 bits per heavy atom. The molecule has 0 radical (unpaired) electrons. The maximum atomic E-state index is 5.76. The molecule has 0 atom stereocenters. The van der Waals surface area contributed by atoms with Crippen molar-refractivity contribution in [3.8, 4) is 17.2 Å². The van der Waals surface area contributed by atoms with Crippen LogP contribution < -0.4 is 15.2 Å². The van der Waals surface area contributed by atoms with Gasteiger partial charge in [0.1, 0.15) is 17.2 Å². The van der Waals surface area contributed by atoms with Crippen LogP contribution in [0, 0.1) is 0 Å². The first-order valence-corrected chi connectivity index (χ1v) is 6.32. The number of hydrogen-bond donors (Lipinski definition) is 1. The summed E-state index contributed by atoms with van der Waals surface area (Å²) in [5.74, 6) is 2.33. The van der Waals surface area contributed by atoms with Gasteiger partial charge in [-0.05, 0) is 57.9 Å². The fraction of sp³-hybridized carbons (Fsp3) is 0.143. The van der Waals surface area contributed by atoms with Crippen LogP contribution >= 0.6 is 15.9 Å². The normalized spacial score (nSPS) is 10.2. The summed E-state index contributed by atoms with van der Waals surface area (Å²) >= 11 is 3.47. The van der Waals surface area contributed by atoms with Gasteiger partial charge in [-0.3, -0.25) is 0 Å². The van der Waals surface area contributed by atoms with Crippen LogP contribution in [-0.4, -0.2) is 7.11 Å². The molecule has 0 aliphatic heterocycles. The van der Waals surface area contributed by atoms with Gasteiger partial charge in [-0.25, -0.2) is 0 Å². The van der Waals surface area contributed by atoms with E-state index in [9.17, 15) is 0 Å². The minimum atomic E-state index is 0.515. The smallest absolute Gasteiger partial charge is 0.141 e. The molecular formula is C14H14BrNO2. The summed E-state index contributed by atoms with van der Waals surface area (Å²) in [6, 6.07) is 13.2. The van der Waals surface area contributed by atoms with Crippen molar-refractivity contribution in [2.45, 2.75) is 6.54 Å². The molecule has 0 aromatic heterocycles. The molecule has 0 spiro atoms. The first-order valence-electron chi connectivity index (χ1n) is 5.53. The third kappa shape index (κ3) is 3.03. The lowest BCUT2D eigenvalue weighted by Gasteiger charge is -2.09. The number of ether oxygens (including phenoxy) is 2. The van der Waals surface area contributed by atoms with Crippen molar-refractivity contribution >= 4 is 15.9 Å². The zero-order chi connectivity index (χ0) is 13.0. The Hall–Kier alpha value is -1.52. The highest BCUT2D eigenvalue weighted by molar-refractivity contribution is 9.10. The Kier molecular flexibility index (Phi) is 4.23. The number of benzene rings is 2. The molecule has 2 aromatic rings. The van der Waals surface area contributed by atoms with E-state index in [1.165, 1.54) is 0 Å². The summed E-state index contributed by atoms with van der Waals surface area (Å²) in [7, 11) is 1.64. The number of hydrogen-bond acceptors (Lipinski definition) is 3. The van der Waals surface area contributed by atoms with E-state index in [4.69, 9.17) is 15.2 Å². The van der Waals surface area contributed by atoms with E-state index in [0.717, 1.165) is 27.3 Å². The summed E-state index contributed by atoms with van der Waals surface area (Å²) in [4.78, 5) is 0. The third-order valence-corrected chi connectivity index (χ3v) is 3.14. The van der Waals surface area contributed by atoms with E-state index in [2.05, 4.69) is 15.9 Å². The van der Waals surface area contributed by atoms with Gasteiger partial charge in [0, 0.05) is 6.54 Å². The van der Waals surface area contributed by atoms with Crippen molar-refractivity contribution in [3.05, 3.63) is 52.5 Å². The molecule has 0 unspecified atom stereocenters. The summed E-state index contributed by atoms with van der Waals surface area (Å²) in [5, 5.41) is 0. The van der Waals surface area contributed by atoms with E-state index in [1.54, 1.807) is 7.11 Å². The Morgan fingerprint density at radius 1 is 1.06 bits per heavy atom. The number of halogens is 1. The fourth-order valence-corrected chi connectivity index (χ4v) is 2.03. The van der Waals surface area contributed by atoms with Gasteiger partial charge in [0.15, 0.2) is 0 Å². The molecule has 2 aromatic carbocycles. The lowest BCUT2D eigenvalue weighted by Crippen LogP contribution is -1.96. The van der Waals surface area contributed by atoms with Crippen LogP contribution in [0.25, 0.3) is 0 Å². The molecule has 4 heteroatoms. The van der Waals surface area contributed by atoms with E-state index in [-0.39, 0.29) is 0 Å². The second kappa shape index (κ2) is 5.89. The van der Waals surface area contributed by atoms with Crippen LogP contribution in [0.1, 0.15) is 5.56 Å². The van der Waals surface area contributed by atoms with Crippen molar-refractivity contribution in [3.63, 3.8) is 0 Å². The molecular weight excluding hydrogens is 294 g/mol. The lowest BCUT2D eigenvalue weighted by molar-refractivity contribution is 0.412. The lowest BCUT2D eigenvalue weighted by atomic mass is 10.2. The second-order valence-corrected chi connectivity index (χ2v) is 4.60. The molecule has 0 saturated heterocycles. The zero-order valence-corrected chi connectivity index (χ0v) is 11.6. The number of nitrogens with two attached hydrogens (primary N) is 1. The highest BCUT2D eigenvalue weighted by Crippen LogP contribution is 2.31. The van der Waals surface area contributed by atoms with Crippen LogP contribution in [0.2, 0.25) is 0 Å². The third-order valence-electron chi connectivity index (χ3n) is 2.52. The Labute approximate surface area is 115 Å². The first-order chi connectivity index (χ1) is 8.72. The summed E-state index contributed by atoms with van der Waals surface area (Å²) < 4.78 is 11.7. The van der Waals surface area contributed by atoms with Gasteiger partial charge in [-0.2, -0.15) is 0 Å². The molecule has 2 rings (SSSR count). The predicted molar refractivity (Wildman–Crippen MR) is 75.1 cm³/mol. The molecule has 3 nitrogen and oxygen atoms in total. The minimum Gasteiger partial charge on any atom is -0.497 e.